The summed E-state index contributed by atoms with van der Waals surface area (Å²) < 4.78 is 1.88. The predicted octanol–water partition coefficient (Wildman–Crippen LogP) is 1.44. The lowest BCUT2D eigenvalue weighted by molar-refractivity contribution is -0.118. The Morgan fingerprint density at radius 1 is 1.39 bits per heavy atom. The summed E-state index contributed by atoms with van der Waals surface area (Å²) in [5.41, 5.74) is 13.3. The van der Waals surface area contributed by atoms with Crippen LogP contribution in [0.1, 0.15) is 12.5 Å². The number of hydrogen-bond donors (Lipinski definition) is 2. The van der Waals surface area contributed by atoms with Crippen LogP contribution in [0.2, 0.25) is 0 Å². The van der Waals surface area contributed by atoms with E-state index in [0.717, 1.165) is 22.9 Å². The number of carbonyl (C=O) groups excluding carboxylic acids is 1. The van der Waals surface area contributed by atoms with E-state index in [9.17, 15) is 4.79 Å². The molecule has 1 unspecified atom stereocenters. The van der Waals surface area contributed by atoms with E-state index in [-0.39, 0.29) is 30.9 Å². The number of nitrogens with two attached hydrogens (primary N) is 2. The summed E-state index contributed by atoms with van der Waals surface area (Å²) in [5, 5.41) is 1.14. The van der Waals surface area contributed by atoms with Gasteiger partial charge in [0.25, 0.3) is 0 Å². The maximum absolute atomic E-state index is 11.0. The van der Waals surface area contributed by atoms with Crippen LogP contribution >= 0.6 is 12.4 Å². The first-order valence-corrected chi connectivity index (χ1v) is 5.68. The van der Waals surface area contributed by atoms with E-state index in [0.29, 0.717) is 0 Å². The summed E-state index contributed by atoms with van der Waals surface area (Å²) in [4.78, 5) is 11.0. The quantitative estimate of drug-likeness (QED) is 0.880. The summed E-state index contributed by atoms with van der Waals surface area (Å²) in [6, 6.07) is 8.08. The molecule has 1 atom stereocenters. The first-order chi connectivity index (χ1) is 8.08. The molecule has 5 heteroatoms. The molecule has 0 spiro atoms. The molecule has 0 saturated heterocycles. The Kier molecular flexibility index (Phi) is 4.76. The van der Waals surface area contributed by atoms with E-state index in [2.05, 4.69) is 0 Å². The van der Waals surface area contributed by atoms with Crippen molar-refractivity contribution < 1.29 is 4.79 Å². The van der Waals surface area contributed by atoms with Crippen LogP contribution in [0.4, 0.5) is 0 Å². The molecule has 2 rings (SSSR count). The van der Waals surface area contributed by atoms with E-state index in [4.69, 9.17) is 11.5 Å². The van der Waals surface area contributed by atoms with Gasteiger partial charge in [0.05, 0.1) is 0 Å². The standard InChI is InChI=1S/C13H17N3O.ClH/c1-9(14)6-10-7-16(8-13(15)17)12-5-3-2-4-11(10)12;/h2-5,7,9H,6,8,14H2,1H3,(H2,15,17);1H. The van der Waals surface area contributed by atoms with Gasteiger partial charge in [-0.3, -0.25) is 4.79 Å². The number of halogens is 1. The van der Waals surface area contributed by atoms with Gasteiger partial charge >= 0.3 is 0 Å². The van der Waals surface area contributed by atoms with Gasteiger partial charge in [0.15, 0.2) is 0 Å². The molecule has 1 aromatic carbocycles. The fourth-order valence-corrected chi connectivity index (χ4v) is 2.13. The highest BCUT2D eigenvalue weighted by Gasteiger charge is 2.10. The molecule has 1 heterocycles. The number of rotatable bonds is 4. The Labute approximate surface area is 112 Å². The summed E-state index contributed by atoms with van der Waals surface area (Å²) in [5.74, 6) is -0.335. The van der Waals surface area contributed by atoms with Crippen LogP contribution in [-0.2, 0) is 17.8 Å². The Morgan fingerprint density at radius 2 is 2.06 bits per heavy atom. The third kappa shape index (κ3) is 3.03. The average Bonchev–Trinajstić information content (AvgIpc) is 2.56. The van der Waals surface area contributed by atoms with E-state index in [1.165, 1.54) is 0 Å². The van der Waals surface area contributed by atoms with Crippen molar-refractivity contribution in [3.63, 3.8) is 0 Å². The largest absolute Gasteiger partial charge is 0.368 e. The van der Waals surface area contributed by atoms with E-state index >= 15 is 0 Å². The smallest absolute Gasteiger partial charge is 0.237 e. The Balaban J connectivity index is 0.00000162. The van der Waals surface area contributed by atoms with Crippen molar-refractivity contribution in [1.82, 2.24) is 4.57 Å². The van der Waals surface area contributed by atoms with E-state index in [1.807, 2.05) is 42.0 Å². The zero-order valence-corrected chi connectivity index (χ0v) is 11.1. The lowest BCUT2D eigenvalue weighted by atomic mass is 10.1. The second-order valence-electron chi connectivity index (χ2n) is 4.45. The molecule has 0 fully saturated rings. The number of fused-ring (bicyclic) bond motifs is 1. The molecule has 2 aromatic rings. The summed E-state index contributed by atoms with van der Waals surface area (Å²) in [6.07, 6.45) is 2.77. The van der Waals surface area contributed by atoms with E-state index < -0.39 is 0 Å². The van der Waals surface area contributed by atoms with Crippen molar-refractivity contribution in [3.8, 4) is 0 Å². The fourth-order valence-electron chi connectivity index (χ4n) is 2.13. The molecule has 0 aliphatic carbocycles. The SMILES string of the molecule is CC(N)Cc1cn(CC(N)=O)c2ccccc12.Cl. The van der Waals surface area contributed by atoms with Gasteiger partial charge in [-0.2, -0.15) is 0 Å². The predicted molar refractivity (Wildman–Crippen MR) is 75.7 cm³/mol. The monoisotopic (exact) mass is 267 g/mol. The molecule has 0 aliphatic heterocycles. The zero-order valence-electron chi connectivity index (χ0n) is 10.3. The molecule has 1 aromatic heterocycles. The third-order valence-corrected chi connectivity index (χ3v) is 2.74. The molecule has 4 nitrogen and oxygen atoms in total. The third-order valence-electron chi connectivity index (χ3n) is 2.74. The average molecular weight is 268 g/mol. The van der Waals surface area contributed by atoms with Gasteiger partial charge in [-0.1, -0.05) is 18.2 Å². The molecular weight excluding hydrogens is 250 g/mol. The number of aromatic nitrogens is 1. The van der Waals surface area contributed by atoms with Gasteiger partial charge in [-0.05, 0) is 25.0 Å². The first-order valence-electron chi connectivity index (χ1n) is 5.68. The number of carbonyl (C=O) groups is 1. The molecule has 0 bridgehead atoms. The molecule has 0 saturated carbocycles. The molecule has 1 amide bonds. The van der Waals surface area contributed by atoms with Crippen LogP contribution in [0.25, 0.3) is 10.9 Å². The Hall–Kier alpha value is -1.52. The van der Waals surface area contributed by atoms with Crippen molar-refractivity contribution in [1.29, 1.82) is 0 Å². The number of benzene rings is 1. The molecule has 98 valence electrons. The van der Waals surface area contributed by atoms with Gasteiger partial charge in [0.2, 0.25) is 5.91 Å². The number of nitrogens with zero attached hydrogens (tertiary/aromatic N) is 1. The minimum absolute atomic E-state index is 0. The van der Waals surface area contributed by atoms with E-state index in [1.54, 1.807) is 0 Å². The number of amides is 1. The molecule has 4 N–H and O–H groups in total. The summed E-state index contributed by atoms with van der Waals surface area (Å²) in [6.45, 7) is 2.18. The van der Waals surface area contributed by atoms with Gasteiger partial charge < -0.3 is 16.0 Å². The minimum atomic E-state index is -0.335. The van der Waals surface area contributed by atoms with Crippen molar-refractivity contribution in [2.45, 2.75) is 25.9 Å². The highest BCUT2D eigenvalue weighted by atomic mass is 35.5. The maximum atomic E-state index is 11.0. The van der Waals surface area contributed by atoms with Crippen LogP contribution in [0, 0.1) is 0 Å². The van der Waals surface area contributed by atoms with Gasteiger partial charge in [0.1, 0.15) is 6.54 Å². The number of primary amides is 1. The van der Waals surface area contributed by atoms with Crippen molar-refractivity contribution in [3.05, 3.63) is 36.0 Å². The van der Waals surface area contributed by atoms with Crippen LogP contribution in [0.15, 0.2) is 30.5 Å². The second-order valence-corrected chi connectivity index (χ2v) is 4.45. The van der Waals surface area contributed by atoms with Crippen LogP contribution < -0.4 is 11.5 Å². The number of hydrogen-bond acceptors (Lipinski definition) is 2. The van der Waals surface area contributed by atoms with Gasteiger partial charge in [-0.15, -0.1) is 12.4 Å². The molecule has 0 aliphatic rings. The molecular formula is C13H18ClN3O. The minimum Gasteiger partial charge on any atom is -0.368 e. The summed E-state index contributed by atoms with van der Waals surface area (Å²) >= 11 is 0. The Bertz CT molecular complexity index is 548. The van der Waals surface area contributed by atoms with Gasteiger partial charge in [-0.25, -0.2) is 0 Å². The highest BCUT2D eigenvalue weighted by Crippen LogP contribution is 2.22. The zero-order chi connectivity index (χ0) is 12.4. The fraction of sp³-hybridized carbons (Fsp3) is 0.308. The molecule has 18 heavy (non-hydrogen) atoms. The normalized spacial score (nSPS) is 12.1. The number of para-hydroxylation sites is 1. The topological polar surface area (TPSA) is 74.0 Å². The van der Waals surface area contributed by atoms with Crippen LogP contribution in [0.3, 0.4) is 0 Å². The van der Waals surface area contributed by atoms with Crippen molar-refractivity contribution in [2.75, 3.05) is 0 Å². The second kappa shape index (κ2) is 5.89. The van der Waals surface area contributed by atoms with Crippen molar-refractivity contribution in [2.24, 2.45) is 11.5 Å². The lowest BCUT2D eigenvalue weighted by Crippen LogP contribution is -2.18. The summed E-state index contributed by atoms with van der Waals surface area (Å²) in [7, 11) is 0. The highest BCUT2D eigenvalue weighted by molar-refractivity contribution is 5.86. The Morgan fingerprint density at radius 3 is 2.67 bits per heavy atom. The van der Waals surface area contributed by atoms with Crippen LogP contribution in [-0.4, -0.2) is 16.5 Å². The lowest BCUT2D eigenvalue weighted by Gasteiger charge is -2.02. The molecule has 0 radical (unpaired) electrons. The van der Waals surface area contributed by atoms with Gasteiger partial charge in [0, 0.05) is 23.1 Å². The van der Waals surface area contributed by atoms with Crippen LogP contribution in [0.5, 0.6) is 0 Å². The first kappa shape index (κ1) is 14.5. The maximum Gasteiger partial charge on any atom is 0.237 e. The van der Waals surface area contributed by atoms with Crippen molar-refractivity contribution >= 4 is 29.2 Å².